The summed E-state index contributed by atoms with van der Waals surface area (Å²) in [7, 11) is 2.12. The molecule has 0 saturated heterocycles. The van der Waals surface area contributed by atoms with Gasteiger partial charge in [-0.15, -0.1) is 0 Å². The Bertz CT molecular complexity index is 649. The van der Waals surface area contributed by atoms with Crippen molar-refractivity contribution in [1.82, 2.24) is 24.5 Å². The molecule has 0 amide bonds. The van der Waals surface area contributed by atoms with E-state index in [1.807, 2.05) is 13.0 Å². The van der Waals surface area contributed by atoms with Crippen molar-refractivity contribution in [1.29, 1.82) is 0 Å². The monoisotopic (exact) mass is 318 g/mol. The first-order valence-corrected chi connectivity index (χ1v) is 8.38. The van der Waals surface area contributed by atoms with Gasteiger partial charge in [-0.3, -0.25) is 4.90 Å². The fourth-order valence-electron chi connectivity index (χ4n) is 3.60. The number of aliphatic hydroxyl groups excluding tert-OH is 1. The number of likely N-dealkylation sites (N-methyl/N-ethyl adjacent to an activating group) is 1. The topological polar surface area (TPSA) is 78.6 Å². The first-order valence-electron chi connectivity index (χ1n) is 8.38. The first kappa shape index (κ1) is 16.1. The molecule has 0 bridgehead atoms. The molecule has 0 aromatic carbocycles. The molecule has 2 heterocycles. The lowest BCUT2D eigenvalue weighted by atomic mass is 9.80. The van der Waals surface area contributed by atoms with Gasteiger partial charge in [-0.1, -0.05) is 19.3 Å². The number of rotatable bonds is 6. The maximum atomic E-state index is 9.32. The predicted molar refractivity (Wildman–Crippen MR) is 89.5 cm³/mol. The zero-order valence-electron chi connectivity index (χ0n) is 14.0. The third-order valence-electron chi connectivity index (χ3n) is 5.01. The Labute approximate surface area is 136 Å². The quantitative estimate of drug-likeness (QED) is 0.840. The fourth-order valence-corrected chi connectivity index (χ4v) is 3.60. The van der Waals surface area contributed by atoms with Crippen LogP contribution in [0.15, 0.2) is 12.4 Å². The molecule has 2 N–H and O–H groups in total. The molecule has 126 valence electrons. The van der Waals surface area contributed by atoms with Crippen LogP contribution < -0.4 is 5.32 Å². The van der Waals surface area contributed by atoms with E-state index >= 15 is 0 Å². The molecule has 2 aromatic rings. The number of hydrogen-bond acceptors (Lipinski definition) is 6. The second kappa shape index (κ2) is 6.80. The molecular formula is C16H26N6O. The zero-order valence-corrected chi connectivity index (χ0v) is 14.0. The number of aryl methyl sites for hydroxylation is 1. The molecule has 7 nitrogen and oxygen atoms in total. The standard InChI is InChI=1S/C16H26N6O/c1-13-10-14(22-15(20-13)18-12-19-22)17-11-16(21(2)8-9-23)6-4-3-5-7-16/h10,12,17,23H,3-9,11H2,1-2H3. The molecule has 0 unspecified atom stereocenters. The number of fused-ring (bicyclic) bond motifs is 1. The van der Waals surface area contributed by atoms with Crippen LogP contribution in [0.3, 0.4) is 0 Å². The molecular weight excluding hydrogens is 292 g/mol. The number of aromatic nitrogens is 4. The minimum absolute atomic E-state index is 0.0884. The first-order chi connectivity index (χ1) is 11.1. The number of nitrogens with zero attached hydrogens (tertiary/aromatic N) is 5. The highest BCUT2D eigenvalue weighted by molar-refractivity contribution is 5.45. The molecule has 0 radical (unpaired) electrons. The van der Waals surface area contributed by atoms with E-state index < -0.39 is 0 Å². The summed E-state index contributed by atoms with van der Waals surface area (Å²) in [5, 5.41) is 17.1. The maximum Gasteiger partial charge on any atom is 0.254 e. The summed E-state index contributed by atoms with van der Waals surface area (Å²) in [6, 6.07) is 2.00. The summed E-state index contributed by atoms with van der Waals surface area (Å²) in [6.45, 7) is 3.70. The van der Waals surface area contributed by atoms with Gasteiger partial charge in [-0.05, 0) is 26.8 Å². The van der Waals surface area contributed by atoms with Gasteiger partial charge >= 0.3 is 0 Å². The fraction of sp³-hybridized carbons (Fsp3) is 0.688. The molecule has 7 heteroatoms. The Kier molecular flexibility index (Phi) is 4.77. The van der Waals surface area contributed by atoms with Crippen LogP contribution in [0.4, 0.5) is 5.82 Å². The Balaban J connectivity index is 1.81. The summed E-state index contributed by atoms with van der Waals surface area (Å²) < 4.78 is 1.75. The minimum atomic E-state index is 0.0884. The molecule has 1 saturated carbocycles. The third kappa shape index (κ3) is 3.30. The van der Waals surface area contributed by atoms with Gasteiger partial charge in [0.1, 0.15) is 12.1 Å². The van der Waals surface area contributed by atoms with Crippen LogP contribution in [0.5, 0.6) is 0 Å². The normalized spacial score (nSPS) is 17.7. The van der Waals surface area contributed by atoms with E-state index in [4.69, 9.17) is 0 Å². The second-order valence-corrected chi connectivity index (χ2v) is 6.54. The van der Waals surface area contributed by atoms with E-state index in [0.717, 1.165) is 30.9 Å². The minimum Gasteiger partial charge on any atom is -0.395 e. The van der Waals surface area contributed by atoms with Crippen LogP contribution in [0, 0.1) is 6.92 Å². The van der Waals surface area contributed by atoms with Crippen LogP contribution in [-0.2, 0) is 0 Å². The van der Waals surface area contributed by atoms with E-state index in [9.17, 15) is 5.11 Å². The van der Waals surface area contributed by atoms with Gasteiger partial charge in [0.15, 0.2) is 0 Å². The second-order valence-electron chi connectivity index (χ2n) is 6.54. The number of nitrogens with one attached hydrogen (secondary N) is 1. The molecule has 0 atom stereocenters. The summed E-state index contributed by atoms with van der Waals surface area (Å²) >= 11 is 0. The summed E-state index contributed by atoms with van der Waals surface area (Å²) in [4.78, 5) is 10.9. The third-order valence-corrected chi connectivity index (χ3v) is 5.01. The van der Waals surface area contributed by atoms with E-state index in [2.05, 4.69) is 32.3 Å². The molecule has 23 heavy (non-hydrogen) atoms. The summed E-state index contributed by atoms with van der Waals surface area (Å²) in [5.74, 6) is 1.54. The molecule has 3 rings (SSSR count). The van der Waals surface area contributed by atoms with Crippen molar-refractivity contribution in [2.24, 2.45) is 0 Å². The molecule has 2 aromatic heterocycles. The van der Waals surface area contributed by atoms with Crippen molar-refractivity contribution in [2.75, 3.05) is 32.1 Å². The van der Waals surface area contributed by atoms with E-state index in [1.165, 1.54) is 25.6 Å². The lowest BCUT2D eigenvalue weighted by Gasteiger charge is -2.45. The lowest BCUT2D eigenvalue weighted by Crippen LogP contribution is -2.53. The van der Waals surface area contributed by atoms with Crippen molar-refractivity contribution >= 4 is 11.6 Å². The largest absolute Gasteiger partial charge is 0.395 e. The summed E-state index contributed by atoms with van der Waals surface area (Å²) in [6.07, 6.45) is 7.62. The van der Waals surface area contributed by atoms with Gasteiger partial charge in [0.2, 0.25) is 0 Å². The smallest absolute Gasteiger partial charge is 0.254 e. The number of β-amino-alcohol motifs (C(OH)–C–C–N with tert-alkyl or cyclic N) is 1. The SMILES string of the molecule is Cc1cc(NCC2(N(C)CCO)CCCCC2)n2ncnc2n1. The summed E-state index contributed by atoms with van der Waals surface area (Å²) in [5.41, 5.74) is 1.01. The van der Waals surface area contributed by atoms with Gasteiger partial charge < -0.3 is 10.4 Å². The number of hydrogen-bond donors (Lipinski definition) is 2. The Morgan fingerprint density at radius 2 is 2.13 bits per heavy atom. The van der Waals surface area contributed by atoms with Gasteiger partial charge in [0.25, 0.3) is 5.78 Å². The highest BCUT2D eigenvalue weighted by atomic mass is 16.3. The van der Waals surface area contributed by atoms with Crippen LogP contribution in [-0.4, -0.2) is 61.9 Å². The maximum absolute atomic E-state index is 9.32. The van der Waals surface area contributed by atoms with Gasteiger partial charge in [-0.2, -0.15) is 14.6 Å². The van der Waals surface area contributed by atoms with Crippen molar-refractivity contribution in [3.63, 3.8) is 0 Å². The van der Waals surface area contributed by atoms with Gasteiger partial charge in [-0.25, -0.2) is 4.98 Å². The predicted octanol–water partition coefficient (Wildman–Crippen LogP) is 1.47. The molecule has 0 spiro atoms. The van der Waals surface area contributed by atoms with Crippen molar-refractivity contribution in [3.8, 4) is 0 Å². The number of aliphatic hydroxyl groups is 1. The van der Waals surface area contributed by atoms with E-state index in [0.29, 0.717) is 12.3 Å². The zero-order chi connectivity index (χ0) is 16.3. The highest BCUT2D eigenvalue weighted by Crippen LogP contribution is 2.33. The van der Waals surface area contributed by atoms with Crippen molar-refractivity contribution < 1.29 is 5.11 Å². The van der Waals surface area contributed by atoms with E-state index in [-0.39, 0.29) is 12.1 Å². The Morgan fingerprint density at radius 3 is 2.87 bits per heavy atom. The Hall–Kier alpha value is -1.73. The van der Waals surface area contributed by atoms with Gasteiger partial charge in [0.05, 0.1) is 6.61 Å². The average molecular weight is 318 g/mol. The van der Waals surface area contributed by atoms with Crippen LogP contribution in [0.2, 0.25) is 0 Å². The van der Waals surface area contributed by atoms with Crippen LogP contribution in [0.1, 0.15) is 37.8 Å². The molecule has 1 aliphatic carbocycles. The van der Waals surface area contributed by atoms with Crippen molar-refractivity contribution in [2.45, 2.75) is 44.6 Å². The molecule has 0 aliphatic heterocycles. The molecule has 1 aliphatic rings. The van der Waals surface area contributed by atoms with E-state index in [1.54, 1.807) is 4.52 Å². The van der Waals surface area contributed by atoms with Crippen LogP contribution in [0.25, 0.3) is 5.78 Å². The average Bonchev–Trinajstić information content (AvgIpc) is 3.02. The molecule has 1 fully saturated rings. The van der Waals surface area contributed by atoms with Crippen molar-refractivity contribution in [3.05, 3.63) is 18.1 Å². The number of anilines is 1. The van der Waals surface area contributed by atoms with Crippen LogP contribution >= 0.6 is 0 Å². The lowest BCUT2D eigenvalue weighted by molar-refractivity contribution is 0.0689. The van der Waals surface area contributed by atoms with Gasteiger partial charge in [0, 0.05) is 30.4 Å². The highest BCUT2D eigenvalue weighted by Gasteiger charge is 2.35. The Morgan fingerprint density at radius 1 is 1.35 bits per heavy atom.